The second-order valence-corrected chi connectivity index (χ2v) is 4.73. The molecule has 2 aliphatic rings. The SMILES string of the molecule is C[N+](C)=C1c2cc3c(cc2-n2cccc21)OCO3. The van der Waals surface area contributed by atoms with Gasteiger partial charge < -0.3 is 14.0 Å². The molecular weight excluding hydrogens is 228 g/mol. The maximum Gasteiger partial charge on any atom is 0.233 e. The van der Waals surface area contributed by atoms with E-state index in [-0.39, 0.29) is 0 Å². The third-order valence-corrected chi connectivity index (χ3v) is 3.44. The molecule has 2 aliphatic heterocycles. The number of nitrogens with zero attached hydrogens (tertiary/aromatic N) is 2. The molecule has 4 rings (SSSR count). The van der Waals surface area contributed by atoms with Crippen LogP contribution >= 0.6 is 0 Å². The Morgan fingerprint density at radius 3 is 2.72 bits per heavy atom. The van der Waals surface area contributed by atoms with Crippen molar-refractivity contribution in [2.75, 3.05) is 20.9 Å². The molecule has 0 aliphatic carbocycles. The van der Waals surface area contributed by atoms with Crippen LogP contribution in [0.15, 0.2) is 30.5 Å². The lowest BCUT2D eigenvalue weighted by molar-refractivity contribution is -0.463. The average molecular weight is 241 g/mol. The molecule has 0 spiro atoms. The van der Waals surface area contributed by atoms with Crippen molar-refractivity contribution in [3.8, 4) is 17.2 Å². The number of fused-ring (bicyclic) bond motifs is 4. The fourth-order valence-electron chi connectivity index (χ4n) is 2.71. The molecule has 3 heterocycles. The van der Waals surface area contributed by atoms with E-state index >= 15 is 0 Å². The van der Waals surface area contributed by atoms with Gasteiger partial charge in [0.2, 0.25) is 12.5 Å². The normalized spacial score (nSPS) is 14.7. The number of hydrogen-bond donors (Lipinski definition) is 0. The predicted molar refractivity (Wildman–Crippen MR) is 67.2 cm³/mol. The Balaban J connectivity index is 2.08. The molecule has 0 atom stereocenters. The van der Waals surface area contributed by atoms with E-state index in [4.69, 9.17) is 9.47 Å². The van der Waals surface area contributed by atoms with Crippen LogP contribution in [0.2, 0.25) is 0 Å². The van der Waals surface area contributed by atoms with Crippen LogP contribution in [0.4, 0.5) is 0 Å². The first-order valence-corrected chi connectivity index (χ1v) is 5.92. The van der Waals surface area contributed by atoms with Crippen molar-refractivity contribution in [2.45, 2.75) is 0 Å². The Morgan fingerprint density at radius 2 is 1.94 bits per heavy atom. The summed E-state index contributed by atoms with van der Waals surface area (Å²) >= 11 is 0. The summed E-state index contributed by atoms with van der Waals surface area (Å²) in [6, 6.07) is 8.31. The number of aromatic nitrogens is 1. The van der Waals surface area contributed by atoms with E-state index in [9.17, 15) is 0 Å². The molecule has 0 amide bonds. The Morgan fingerprint density at radius 1 is 1.17 bits per heavy atom. The maximum atomic E-state index is 5.46. The van der Waals surface area contributed by atoms with E-state index in [1.807, 2.05) is 0 Å². The van der Waals surface area contributed by atoms with Crippen molar-refractivity contribution in [1.82, 2.24) is 4.57 Å². The quantitative estimate of drug-likeness (QED) is 0.559. The van der Waals surface area contributed by atoms with E-state index in [0.717, 1.165) is 17.2 Å². The fourth-order valence-corrected chi connectivity index (χ4v) is 2.71. The predicted octanol–water partition coefficient (Wildman–Crippen LogP) is 1.63. The van der Waals surface area contributed by atoms with Crippen LogP contribution in [0, 0.1) is 0 Å². The van der Waals surface area contributed by atoms with Gasteiger partial charge in [0.15, 0.2) is 11.5 Å². The minimum atomic E-state index is 0.314. The number of ether oxygens (including phenoxy) is 2. The minimum absolute atomic E-state index is 0.314. The lowest BCUT2D eigenvalue weighted by atomic mass is 10.1. The van der Waals surface area contributed by atoms with Crippen LogP contribution in [0.25, 0.3) is 5.69 Å². The van der Waals surface area contributed by atoms with E-state index < -0.39 is 0 Å². The van der Waals surface area contributed by atoms with Crippen LogP contribution < -0.4 is 9.47 Å². The van der Waals surface area contributed by atoms with E-state index in [1.165, 1.54) is 17.0 Å². The van der Waals surface area contributed by atoms with Crippen molar-refractivity contribution in [2.24, 2.45) is 0 Å². The molecule has 1 aromatic heterocycles. The molecule has 90 valence electrons. The molecule has 4 nitrogen and oxygen atoms in total. The number of hydrogen-bond acceptors (Lipinski definition) is 2. The third-order valence-electron chi connectivity index (χ3n) is 3.44. The van der Waals surface area contributed by atoms with Crippen molar-refractivity contribution in [3.05, 3.63) is 41.7 Å². The van der Waals surface area contributed by atoms with Gasteiger partial charge in [0.05, 0.1) is 11.3 Å². The Bertz CT molecular complexity index is 694. The van der Waals surface area contributed by atoms with Gasteiger partial charge in [0, 0.05) is 18.3 Å². The van der Waals surface area contributed by atoms with Gasteiger partial charge >= 0.3 is 0 Å². The number of rotatable bonds is 0. The highest BCUT2D eigenvalue weighted by Gasteiger charge is 2.32. The molecule has 0 unspecified atom stereocenters. The van der Waals surface area contributed by atoms with Gasteiger partial charge in [0.25, 0.3) is 0 Å². The standard InChI is InChI=1S/C14H13N2O2/c1-15(2)14-9-6-12-13(18-8-17-12)7-11(9)16-5-3-4-10(14)16/h3-7H,8H2,1-2H3/q+1. The van der Waals surface area contributed by atoms with Crippen LogP contribution in [-0.4, -0.2) is 35.7 Å². The Kier molecular flexibility index (Phi) is 1.71. The van der Waals surface area contributed by atoms with Crippen molar-refractivity contribution >= 4 is 5.71 Å². The molecule has 0 saturated carbocycles. The summed E-state index contributed by atoms with van der Waals surface area (Å²) in [5.74, 6) is 1.66. The van der Waals surface area contributed by atoms with Gasteiger partial charge in [0.1, 0.15) is 19.8 Å². The van der Waals surface area contributed by atoms with Crippen LogP contribution in [0.3, 0.4) is 0 Å². The van der Waals surface area contributed by atoms with Crippen LogP contribution in [0.1, 0.15) is 11.3 Å². The van der Waals surface area contributed by atoms with Crippen molar-refractivity contribution < 1.29 is 14.0 Å². The summed E-state index contributed by atoms with van der Waals surface area (Å²) in [5, 5.41) is 0. The lowest BCUT2D eigenvalue weighted by Crippen LogP contribution is -2.13. The highest BCUT2D eigenvalue weighted by atomic mass is 16.7. The van der Waals surface area contributed by atoms with E-state index in [0.29, 0.717) is 6.79 Å². The first kappa shape index (κ1) is 9.76. The average Bonchev–Trinajstić information content (AvgIpc) is 2.99. The van der Waals surface area contributed by atoms with E-state index in [2.05, 4.69) is 53.7 Å². The van der Waals surface area contributed by atoms with Gasteiger partial charge in [-0.1, -0.05) is 0 Å². The molecule has 0 fully saturated rings. The van der Waals surface area contributed by atoms with Gasteiger partial charge in [-0.15, -0.1) is 0 Å². The third kappa shape index (κ3) is 1.07. The van der Waals surface area contributed by atoms with Crippen LogP contribution in [-0.2, 0) is 0 Å². The molecule has 0 bridgehead atoms. The largest absolute Gasteiger partial charge is 0.454 e. The summed E-state index contributed by atoms with van der Waals surface area (Å²) in [5.41, 5.74) is 4.77. The molecule has 18 heavy (non-hydrogen) atoms. The Hall–Kier alpha value is -2.23. The summed E-state index contributed by atoms with van der Waals surface area (Å²) in [6.45, 7) is 0.314. The zero-order valence-corrected chi connectivity index (χ0v) is 10.3. The summed E-state index contributed by atoms with van der Waals surface area (Å²) in [7, 11) is 4.12. The van der Waals surface area contributed by atoms with Gasteiger partial charge in [-0.2, -0.15) is 0 Å². The van der Waals surface area contributed by atoms with Crippen molar-refractivity contribution in [1.29, 1.82) is 0 Å². The molecular formula is C14H13N2O2+. The fraction of sp³-hybridized carbons (Fsp3) is 0.214. The van der Waals surface area contributed by atoms with Gasteiger partial charge in [-0.3, -0.25) is 0 Å². The monoisotopic (exact) mass is 241 g/mol. The molecule has 1 aromatic carbocycles. The molecule has 4 heteroatoms. The smallest absolute Gasteiger partial charge is 0.233 e. The molecule has 0 saturated heterocycles. The topological polar surface area (TPSA) is 26.4 Å². The second-order valence-electron chi connectivity index (χ2n) is 4.73. The summed E-state index contributed by atoms with van der Waals surface area (Å²) < 4.78 is 15.2. The molecule has 2 aromatic rings. The van der Waals surface area contributed by atoms with Gasteiger partial charge in [-0.05, 0) is 12.1 Å². The zero-order chi connectivity index (χ0) is 12.3. The van der Waals surface area contributed by atoms with Crippen molar-refractivity contribution in [3.63, 3.8) is 0 Å². The maximum absolute atomic E-state index is 5.46. The van der Waals surface area contributed by atoms with Crippen LogP contribution in [0.5, 0.6) is 11.5 Å². The molecule has 0 N–H and O–H groups in total. The highest BCUT2D eigenvalue weighted by Crippen LogP contribution is 2.40. The first-order chi connectivity index (χ1) is 8.75. The zero-order valence-electron chi connectivity index (χ0n) is 10.3. The van der Waals surface area contributed by atoms with E-state index in [1.54, 1.807) is 0 Å². The minimum Gasteiger partial charge on any atom is -0.454 e. The lowest BCUT2D eigenvalue weighted by Gasteiger charge is -2.02. The van der Waals surface area contributed by atoms with Gasteiger partial charge in [-0.25, -0.2) is 4.58 Å². The summed E-state index contributed by atoms with van der Waals surface area (Å²) in [6.07, 6.45) is 2.08. The first-order valence-electron chi connectivity index (χ1n) is 5.92. The Labute approximate surface area is 105 Å². The second kappa shape index (κ2) is 3.16. The number of benzene rings is 1. The highest BCUT2D eigenvalue weighted by molar-refractivity contribution is 6.15. The molecule has 0 radical (unpaired) electrons. The summed E-state index contributed by atoms with van der Waals surface area (Å²) in [4.78, 5) is 0.